The third kappa shape index (κ3) is 9.53. The van der Waals surface area contributed by atoms with E-state index in [0.717, 1.165) is 12.2 Å². The summed E-state index contributed by atoms with van der Waals surface area (Å²) in [5.41, 5.74) is 0. The van der Waals surface area contributed by atoms with Gasteiger partial charge in [0.05, 0.1) is 6.10 Å². The average Bonchev–Trinajstić information content (AvgIpc) is 2.53. The number of thioether (sulfide) groups is 1. The van der Waals surface area contributed by atoms with E-state index in [4.69, 9.17) is 0 Å². The minimum Gasteiger partial charge on any atom is -0.393 e. The van der Waals surface area contributed by atoms with E-state index in [1.54, 1.807) is 0 Å². The fourth-order valence-corrected chi connectivity index (χ4v) is 3.93. The Morgan fingerprint density at radius 3 is 2.09 bits per heavy atom. The van der Waals surface area contributed by atoms with Crippen molar-refractivity contribution in [1.29, 1.82) is 0 Å². The standard InChI is InChI=1S/C20H34OS/c1-3-4-5-6-7-8-9-11-14-19(18(2)21)17-22-20-15-12-10-13-16-20/h10,12-13,15-16,18-19,21H,3-9,11,14,17H2,1-2H3/t18-,19-/m0/s1. The zero-order valence-electron chi connectivity index (χ0n) is 14.5. The molecule has 1 aromatic carbocycles. The van der Waals surface area contributed by atoms with Gasteiger partial charge in [0.2, 0.25) is 0 Å². The summed E-state index contributed by atoms with van der Waals surface area (Å²) in [7, 11) is 0. The molecular weight excluding hydrogens is 288 g/mol. The van der Waals surface area contributed by atoms with Crippen LogP contribution in [0.5, 0.6) is 0 Å². The van der Waals surface area contributed by atoms with Crippen LogP contribution in [0.1, 0.15) is 71.6 Å². The summed E-state index contributed by atoms with van der Waals surface area (Å²) in [5.74, 6) is 1.45. The summed E-state index contributed by atoms with van der Waals surface area (Å²) < 4.78 is 0. The molecule has 126 valence electrons. The van der Waals surface area contributed by atoms with Gasteiger partial charge in [0.15, 0.2) is 0 Å². The first kappa shape index (κ1) is 19.6. The van der Waals surface area contributed by atoms with E-state index < -0.39 is 0 Å². The Morgan fingerprint density at radius 2 is 1.50 bits per heavy atom. The van der Waals surface area contributed by atoms with Crippen LogP contribution in [0, 0.1) is 5.92 Å². The van der Waals surface area contributed by atoms with E-state index in [2.05, 4.69) is 37.3 Å². The Hall–Kier alpha value is -0.470. The van der Waals surface area contributed by atoms with Gasteiger partial charge in [-0.15, -0.1) is 11.8 Å². The molecule has 1 nitrogen and oxygen atoms in total. The van der Waals surface area contributed by atoms with Crippen LogP contribution in [0.4, 0.5) is 0 Å². The fourth-order valence-electron chi connectivity index (χ4n) is 2.72. The van der Waals surface area contributed by atoms with E-state index >= 15 is 0 Å². The van der Waals surface area contributed by atoms with Crippen molar-refractivity contribution in [1.82, 2.24) is 0 Å². The molecule has 0 aliphatic rings. The summed E-state index contributed by atoms with van der Waals surface area (Å²) in [5, 5.41) is 9.98. The average molecular weight is 323 g/mol. The van der Waals surface area contributed by atoms with Crippen LogP contribution in [0.25, 0.3) is 0 Å². The highest BCUT2D eigenvalue weighted by Crippen LogP contribution is 2.25. The van der Waals surface area contributed by atoms with Crippen LogP contribution in [0.2, 0.25) is 0 Å². The molecule has 0 aliphatic heterocycles. The number of unbranched alkanes of at least 4 members (excludes halogenated alkanes) is 7. The lowest BCUT2D eigenvalue weighted by Gasteiger charge is -2.19. The van der Waals surface area contributed by atoms with Crippen LogP contribution >= 0.6 is 11.8 Å². The third-order valence-corrected chi connectivity index (χ3v) is 5.52. The predicted molar refractivity (Wildman–Crippen MR) is 99.6 cm³/mol. The molecule has 0 spiro atoms. The second kappa shape index (κ2) is 13.0. The Kier molecular flexibility index (Phi) is 11.6. The van der Waals surface area contributed by atoms with Gasteiger partial charge in [0, 0.05) is 10.6 Å². The topological polar surface area (TPSA) is 20.2 Å². The van der Waals surface area contributed by atoms with Gasteiger partial charge in [0.1, 0.15) is 0 Å². The Balaban J connectivity index is 2.11. The molecule has 1 rings (SSSR count). The number of hydrogen-bond donors (Lipinski definition) is 1. The number of benzene rings is 1. The van der Waals surface area contributed by atoms with Crippen molar-refractivity contribution in [3.63, 3.8) is 0 Å². The maximum atomic E-state index is 9.98. The molecular formula is C20H34OS. The normalized spacial score (nSPS) is 14.0. The molecule has 2 heteroatoms. The molecule has 0 radical (unpaired) electrons. The second-order valence-corrected chi connectivity index (χ2v) is 7.48. The summed E-state index contributed by atoms with van der Waals surface area (Å²) >= 11 is 1.87. The van der Waals surface area contributed by atoms with E-state index in [1.807, 2.05) is 18.7 Å². The zero-order valence-corrected chi connectivity index (χ0v) is 15.3. The molecule has 22 heavy (non-hydrogen) atoms. The van der Waals surface area contributed by atoms with E-state index in [0.29, 0.717) is 5.92 Å². The highest BCUT2D eigenvalue weighted by molar-refractivity contribution is 7.99. The van der Waals surface area contributed by atoms with Gasteiger partial charge in [-0.05, 0) is 31.4 Å². The number of aliphatic hydroxyl groups excluding tert-OH is 1. The first-order chi connectivity index (χ1) is 10.7. The Morgan fingerprint density at radius 1 is 0.909 bits per heavy atom. The first-order valence-corrected chi connectivity index (χ1v) is 10.1. The maximum absolute atomic E-state index is 9.98. The zero-order chi connectivity index (χ0) is 16.0. The lowest BCUT2D eigenvalue weighted by atomic mass is 9.97. The van der Waals surface area contributed by atoms with Crippen molar-refractivity contribution < 1.29 is 5.11 Å². The minimum atomic E-state index is -0.194. The lowest BCUT2D eigenvalue weighted by Crippen LogP contribution is -2.19. The van der Waals surface area contributed by atoms with Crippen LogP contribution in [-0.4, -0.2) is 17.0 Å². The highest BCUT2D eigenvalue weighted by atomic mass is 32.2. The van der Waals surface area contributed by atoms with Crippen molar-refractivity contribution in [3.05, 3.63) is 30.3 Å². The van der Waals surface area contributed by atoms with Gasteiger partial charge in [-0.25, -0.2) is 0 Å². The van der Waals surface area contributed by atoms with Gasteiger partial charge in [-0.1, -0.05) is 76.5 Å². The monoisotopic (exact) mass is 322 g/mol. The molecule has 0 aliphatic carbocycles. The third-order valence-electron chi connectivity index (χ3n) is 4.32. The SMILES string of the molecule is CCCCCCCCCC[C@@H](CSc1ccccc1)[C@H](C)O. The highest BCUT2D eigenvalue weighted by Gasteiger charge is 2.14. The summed E-state index contributed by atoms with van der Waals surface area (Å²) in [6.07, 6.45) is 11.8. The van der Waals surface area contributed by atoms with Gasteiger partial charge < -0.3 is 5.11 Å². The number of aliphatic hydroxyl groups is 1. The van der Waals surface area contributed by atoms with E-state index in [9.17, 15) is 5.11 Å². The van der Waals surface area contributed by atoms with E-state index in [1.165, 1.54) is 56.3 Å². The molecule has 1 N–H and O–H groups in total. The molecule has 0 unspecified atom stereocenters. The molecule has 0 saturated carbocycles. The summed E-state index contributed by atoms with van der Waals surface area (Å²) in [4.78, 5) is 1.31. The van der Waals surface area contributed by atoms with Gasteiger partial charge in [-0.2, -0.15) is 0 Å². The maximum Gasteiger partial charge on any atom is 0.0548 e. The van der Waals surface area contributed by atoms with Crippen LogP contribution in [0.15, 0.2) is 35.2 Å². The number of hydrogen-bond acceptors (Lipinski definition) is 2. The van der Waals surface area contributed by atoms with Gasteiger partial charge >= 0.3 is 0 Å². The first-order valence-electron chi connectivity index (χ1n) is 9.10. The molecule has 0 aromatic heterocycles. The molecule has 0 heterocycles. The summed E-state index contributed by atoms with van der Waals surface area (Å²) in [6.45, 7) is 4.21. The molecule has 2 atom stereocenters. The quantitative estimate of drug-likeness (QED) is 0.339. The molecule has 0 amide bonds. The lowest BCUT2D eigenvalue weighted by molar-refractivity contribution is 0.130. The van der Waals surface area contributed by atoms with E-state index in [-0.39, 0.29) is 6.10 Å². The van der Waals surface area contributed by atoms with Crippen molar-refractivity contribution >= 4 is 11.8 Å². The molecule has 1 aromatic rings. The molecule has 0 fully saturated rings. The Bertz CT molecular complexity index is 350. The van der Waals surface area contributed by atoms with Crippen molar-refractivity contribution in [2.45, 2.75) is 82.6 Å². The second-order valence-electron chi connectivity index (χ2n) is 6.39. The van der Waals surface area contributed by atoms with Crippen molar-refractivity contribution in [2.75, 3.05) is 5.75 Å². The van der Waals surface area contributed by atoms with Crippen LogP contribution in [0.3, 0.4) is 0 Å². The van der Waals surface area contributed by atoms with Crippen molar-refractivity contribution in [2.24, 2.45) is 5.92 Å². The smallest absolute Gasteiger partial charge is 0.0548 e. The minimum absolute atomic E-state index is 0.194. The Labute approximate surface area is 141 Å². The largest absolute Gasteiger partial charge is 0.393 e. The van der Waals surface area contributed by atoms with Gasteiger partial charge in [-0.3, -0.25) is 0 Å². The predicted octanol–water partition coefficient (Wildman–Crippen LogP) is 6.31. The fraction of sp³-hybridized carbons (Fsp3) is 0.700. The summed E-state index contributed by atoms with van der Waals surface area (Å²) in [6, 6.07) is 10.5. The van der Waals surface area contributed by atoms with Crippen molar-refractivity contribution in [3.8, 4) is 0 Å². The molecule has 0 bridgehead atoms. The number of rotatable bonds is 13. The van der Waals surface area contributed by atoms with Gasteiger partial charge in [0.25, 0.3) is 0 Å². The molecule has 0 saturated heterocycles. The van der Waals surface area contributed by atoms with Crippen LogP contribution < -0.4 is 0 Å². The van der Waals surface area contributed by atoms with Crippen LogP contribution in [-0.2, 0) is 0 Å².